The Balaban J connectivity index is 2.22. The highest BCUT2D eigenvalue weighted by Gasteiger charge is 2.14. The molecule has 0 aliphatic carbocycles. The van der Waals surface area contributed by atoms with Gasteiger partial charge in [-0.25, -0.2) is 8.42 Å². The molecule has 0 aromatic rings. The predicted octanol–water partition coefficient (Wildman–Crippen LogP) is -0.781. The summed E-state index contributed by atoms with van der Waals surface area (Å²) in [6, 6.07) is 0. The van der Waals surface area contributed by atoms with Gasteiger partial charge >= 0.3 is 0 Å². The van der Waals surface area contributed by atoms with E-state index in [0.29, 0.717) is 0 Å². The van der Waals surface area contributed by atoms with E-state index >= 15 is 0 Å². The van der Waals surface area contributed by atoms with Crippen LogP contribution in [0.3, 0.4) is 0 Å². The van der Waals surface area contributed by atoms with Crippen LogP contribution >= 0.6 is 0 Å². The molecule has 1 heterocycles. The van der Waals surface area contributed by atoms with Crippen LogP contribution in [0.1, 0.15) is 12.8 Å². The van der Waals surface area contributed by atoms with Crippen molar-refractivity contribution in [2.24, 2.45) is 0 Å². The lowest BCUT2D eigenvalue weighted by molar-refractivity contribution is 0.000486. The molecule has 1 saturated heterocycles. The zero-order valence-electron chi connectivity index (χ0n) is 7.04. The second-order valence-electron chi connectivity index (χ2n) is 2.92. The fraction of sp³-hybridized carbons (Fsp3) is 1.00. The minimum absolute atomic E-state index is 0.0148. The van der Waals surface area contributed by atoms with Crippen LogP contribution in [0.15, 0.2) is 0 Å². The van der Waals surface area contributed by atoms with Gasteiger partial charge in [-0.2, -0.15) is 0 Å². The molecule has 12 heavy (non-hydrogen) atoms. The van der Waals surface area contributed by atoms with Crippen molar-refractivity contribution in [1.82, 2.24) is 10.2 Å². The van der Waals surface area contributed by atoms with Crippen molar-refractivity contribution in [3.8, 4) is 0 Å². The van der Waals surface area contributed by atoms with E-state index < -0.39 is 10.0 Å². The number of nitrogens with one attached hydrogen (secondary N) is 2. The zero-order valence-corrected chi connectivity index (χ0v) is 7.86. The highest BCUT2D eigenvalue weighted by atomic mass is 32.2. The molecule has 0 radical (unpaired) electrons. The maximum absolute atomic E-state index is 10.6. The van der Waals surface area contributed by atoms with Crippen LogP contribution in [0.5, 0.6) is 0 Å². The van der Waals surface area contributed by atoms with Gasteiger partial charge in [-0.05, 0) is 25.9 Å². The van der Waals surface area contributed by atoms with Crippen LogP contribution in [0.25, 0.3) is 0 Å². The summed E-state index contributed by atoms with van der Waals surface area (Å²) < 4.78 is 21.2. The van der Waals surface area contributed by atoms with Crippen LogP contribution in [-0.2, 0) is 14.9 Å². The minimum atomic E-state index is -3.22. The number of hydrogen-bond acceptors (Lipinski definition) is 4. The quantitative estimate of drug-likeness (QED) is 0.578. The van der Waals surface area contributed by atoms with Gasteiger partial charge in [-0.15, -0.1) is 0 Å². The van der Waals surface area contributed by atoms with Crippen molar-refractivity contribution < 1.29 is 13.3 Å². The molecular weight excluding hydrogens is 180 g/mol. The Labute approximate surface area is 72.5 Å². The first-order valence-corrected chi connectivity index (χ1v) is 5.80. The lowest BCUT2D eigenvalue weighted by atomic mass is 10.1. The van der Waals surface area contributed by atoms with Crippen LogP contribution in [0.2, 0.25) is 0 Å². The monoisotopic (exact) mass is 194 g/mol. The van der Waals surface area contributed by atoms with Crippen LogP contribution in [-0.4, -0.2) is 33.9 Å². The molecule has 0 aromatic heterocycles. The summed E-state index contributed by atoms with van der Waals surface area (Å²) >= 11 is 0. The lowest BCUT2D eigenvalue weighted by Gasteiger charge is -2.21. The fourth-order valence-electron chi connectivity index (χ4n) is 1.07. The van der Waals surface area contributed by atoms with Crippen molar-refractivity contribution in [2.45, 2.75) is 18.9 Å². The Morgan fingerprint density at radius 3 is 2.50 bits per heavy atom. The van der Waals surface area contributed by atoms with E-state index in [1.807, 2.05) is 4.89 Å². The van der Waals surface area contributed by atoms with E-state index in [1.165, 1.54) is 0 Å². The molecular formula is C6H14N2O3S. The maximum atomic E-state index is 10.6. The average molecular weight is 194 g/mol. The summed E-state index contributed by atoms with van der Waals surface area (Å²) in [6.45, 7) is 1.77. The van der Waals surface area contributed by atoms with E-state index in [2.05, 4.69) is 5.32 Å². The number of sulfonamides is 1. The number of hydrogen-bond donors (Lipinski definition) is 2. The van der Waals surface area contributed by atoms with Gasteiger partial charge in [-0.1, -0.05) is 4.89 Å². The molecule has 0 saturated carbocycles. The molecule has 1 fully saturated rings. The van der Waals surface area contributed by atoms with E-state index in [9.17, 15) is 8.42 Å². The van der Waals surface area contributed by atoms with Gasteiger partial charge in [0.25, 0.3) is 0 Å². The van der Waals surface area contributed by atoms with E-state index in [4.69, 9.17) is 4.84 Å². The predicted molar refractivity (Wildman–Crippen MR) is 45.0 cm³/mol. The first-order chi connectivity index (χ1) is 5.58. The van der Waals surface area contributed by atoms with Gasteiger partial charge in [-0.3, -0.25) is 4.84 Å². The molecule has 0 bridgehead atoms. The van der Waals surface area contributed by atoms with Crippen LogP contribution < -0.4 is 10.2 Å². The van der Waals surface area contributed by atoms with E-state index in [-0.39, 0.29) is 6.10 Å². The van der Waals surface area contributed by atoms with Crippen LogP contribution in [0.4, 0.5) is 0 Å². The Bertz CT molecular complexity index is 221. The smallest absolute Gasteiger partial charge is 0.230 e. The summed E-state index contributed by atoms with van der Waals surface area (Å²) in [5.41, 5.74) is 0. The van der Waals surface area contributed by atoms with Crippen molar-refractivity contribution in [3.63, 3.8) is 0 Å². The Morgan fingerprint density at radius 1 is 1.42 bits per heavy atom. The average Bonchev–Trinajstić information content (AvgIpc) is 2.02. The highest BCUT2D eigenvalue weighted by molar-refractivity contribution is 7.88. The second-order valence-corrected chi connectivity index (χ2v) is 4.63. The highest BCUT2D eigenvalue weighted by Crippen LogP contribution is 2.05. The SMILES string of the molecule is CS(=O)(=O)NOC1CCNCC1. The van der Waals surface area contributed by atoms with Gasteiger partial charge < -0.3 is 5.32 Å². The molecule has 0 unspecified atom stereocenters. The Hall–Kier alpha value is -0.170. The van der Waals surface area contributed by atoms with Crippen molar-refractivity contribution in [2.75, 3.05) is 19.3 Å². The molecule has 5 nitrogen and oxygen atoms in total. The van der Waals surface area contributed by atoms with Gasteiger partial charge in [0.2, 0.25) is 10.0 Å². The van der Waals surface area contributed by atoms with Gasteiger partial charge in [0.1, 0.15) is 0 Å². The van der Waals surface area contributed by atoms with Gasteiger partial charge in [0, 0.05) is 0 Å². The topological polar surface area (TPSA) is 67.4 Å². The lowest BCUT2D eigenvalue weighted by Crippen LogP contribution is -2.37. The third-order valence-electron chi connectivity index (χ3n) is 1.65. The summed E-state index contributed by atoms with van der Waals surface area (Å²) in [5.74, 6) is 0. The Morgan fingerprint density at radius 2 is 2.00 bits per heavy atom. The minimum Gasteiger partial charge on any atom is -0.317 e. The largest absolute Gasteiger partial charge is 0.317 e. The number of piperidine rings is 1. The normalized spacial score (nSPS) is 21.1. The summed E-state index contributed by atoms with van der Waals surface area (Å²) in [6.07, 6.45) is 2.79. The molecule has 0 amide bonds. The zero-order chi connectivity index (χ0) is 9.03. The molecule has 1 aliphatic heterocycles. The van der Waals surface area contributed by atoms with Gasteiger partial charge in [0.15, 0.2) is 0 Å². The number of rotatable bonds is 3. The summed E-state index contributed by atoms with van der Waals surface area (Å²) in [5, 5.41) is 3.15. The fourth-order valence-corrected chi connectivity index (χ4v) is 1.38. The molecule has 2 N–H and O–H groups in total. The van der Waals surface area contributed by atoms with Crippen molar-refractivity contribution in [1.29, 1.82) is 0 Å². The van der Waals surface area contributed by atoms with Crippen molar-refractivity contribution >= 4 is 10.0 Å². The maximum Gasteiger partial charge on any atom is 0.230 e. The summed E-state index contributed by atoms with van der Waals surface area (Å²) in [4.78, 5) is 7.01. The van der Waals surface area contributed by atoms with E-state index in [1.54, 1.807) is 0 Å². The van der Waals surface area contributed by atoms with E-state index in [0.717, 1.165) is 32.2 Å². The third kappa shape index (κ3) is 4.01. The van der Waals surface area contributed by atoms with Crippen LogP contribution in [0, 0.1) is 0 Å². The molecule has 1 rings (SSSR count). The second kappa shape index (κ2) is 4.18. The first kappa shape index (κ1) is 9.91. The molecule has 0 aromatic carbocycles. The molecule has 72 valence electrons. The first-order valence-electron chi connectivity index (χ1n) is 3.91. The molecule has 0 atom stereocenters. The summed E-state index contributed by atoms with van der Waals surface area (Å²) in [7, 11) is -3.22. The van der Waals surface area contributed by atoms with Crippen molar-refractivity contribution in [3.05, 3.63) is 0 Å². The molecule has 1 aliphatic rings. The molecule has 0 spiro atoms. The third-order valence-corrected chi connectivity index (χ3v) is 2.05. The molecule has 6 heteroatoms. The Kier molecular flexibility index (Phi) is 3.45. The van der Waals surface area contributed by atoms with Gasteiger partial charge in [0.05, 0.1) is 12.4 Å². The standard InChI is InChI=1S/C6H14N2O3S/c1-12(9,10)8-11-6-2-4-7-5-3-6/h6-8H,2-5H2,1H3.